The molecule has 40 heavy (non-hydrogen) atoms. The lowest BCUT2D eigenvalue weighted by Crippen LogP contribution is -2.58. The molecule has 0 spiro atoms. The van der Waals surface area contributed by atoms with E-state index < -0.39 is 56.0 Å². The van der Waals surface area contributed by atoms with Crippen molar-refractivity contribution in [2.75, 3.05) is 6.54 Å². The summed E-state index contributed by atoms with van der Waals surface area (Å²) in [7, 11) is -3.89. The number of amides is 4. The quantitative estimate of drug-likeness (QED) is 0.428. The van der Waals surface area contributed by atoms with Gasteiger partial charge in [0.2, 0.25) is 21.8 Å². The minimum Gasteiger partial charge on any atom is -0.339 e. The van der Waals surface area contributed by atoms with Crippen LogP contribution in [0.2, 0.25) is 0 Å². The standard InChI is InChI=1S/C26H36N6O7S/c1-16-27-22(39-30-16)21(34)28-18-10-7-5-3-4-6-9-17-15-26(17,24(36)31-40(37,38)25(2)12-13-25)29-20(33)19-11-8-14-32(19)23(18)35/h6,9,17-19H,3-5,7-8,10-15H2,1-2H3,(H,28,34)(H,29,33)(H,31,36)/b9-6-/t17-,18+,19+,26-/m1/s1. The molecule has 3 N–H and O–H groups in total. The van der Waals surface area contributed by atoms with Crippen LogP contribution in [0, 0.1) is 12.8 Å². The van der Waals surface area contributed by atoms with Gasteiger partial charge in [0.15, 0.2) is 5.82 Å². The van der Waals surface area contributed by atoms with E-state index in [0.29, 0.717) is 50.9 Å². The molecular weight excluding hydrogens is 540 g/mol. The van der Waals surface area contributed by atoms with Crippen LogP contribution in [0.3, 0.4) is 0 Å². The second-order valence-corrected chi connectivity index (χ2v) is 13.8. The molecule has 218 valence electrons. The normalized spacial score (nSPS) is 31.1. The summed E-state index contributed by atoms with van der Waals surface area (Å²) in [6.07, 6.45) is 9.39. The van der Waals surface area contributed by atoms with Gasteiger partial charge in [-0.15, -0.1) is 0 Å². The van der Waals surface area contributed by atoms with Crippen LogP contribution in [0.1, 0.15) is 87.6 Å². The third-order valence-electron chi connectivity index (χ3n) is 8.49. The number of rotatable bonds is 5. The highest BCUT2D eigenvalue weighted by molar-refractivity contribution is 7.91. The number of aryl methyl sites for hydroxylation is 1. The van der Waals surface area contributed by atoms with Crippen molar-refractivity contribution in [3.05, 3.63) is 23.9 Å². The maximum absolute atomic E-state index is 13.7. The molecule has 2 aliphatic carbocycles. The number of allylic oxidation sites excluding steroid dienone is 1. The molecule has 3 heterocycles. The average molecular weight is 577 g/mol. The van der Waals surface area contributed by atoms with Crippen LogP contribution >= 0.6 is 0 Å². The SMILES string of the molecule is Cc1noc(C(=O)N[C@H]2CCCCC/C=C\[C@@H]3C[C@@]3(C(=O)NS(=O)(=O)C3(C)CC3)NC(=O)[C@@H]3CCCN3C2=O)n1. The summed E-state index contributed by atoms with van der Waals surface area (Å²) in [6.45, 7) is 3.49. The zero-order chi connectivity index (χ0) is 28.7. The number of fused-ring (bicyclic) bond motifs is 2. The first-order valence-corrected chi connectivity index (χ1v) is 15.4. The number of hydrogen-bond donors (Lipinski definition) is 3. The summed E-state index contributed by atoms with van der Waals surface area (Å²) in [4.78, 5) is 58.8. The van der Waals surface area contributed by atoms with Crippen molar-refractivity contribution in [2.45, 2.75) is 100 Å². The lowest BCUT2D eigenvalue weighted by molar-refractivity contribution is -0.141. The Kier molecular flexibility index (Phi) is 7.48. The fourth-order valence-electron chi connectivity index (χ4n) is 5.48. The summed E-state index contributed by atoms with van der Waals surface area (Å²) in [5, 5.41) is 9.15. The Morgan fingerprint density at radius 1 is 1.15 bits per heavy atom. The van der Waals surface area contributed by atoms with E-state index in [4.69, 9.17) is 4.52 Å². The first-order valence-electron chi connectivity index (χ1n) is 13.9. The minimum absolute atomic E-state index is 0.246. The van der Waals surface area contributed by atoms with Crippen molar-refractivity contribution in [1.29, 1.82) is 0 Å². The van der Waals surface area contributed by atoms with Crippen LogP contribution < -0.4 is 15.4 Å². The Bertz CT molecular complexity index is 1340. The Morgan fingerprint density at radius 3 is 2.62 bits per heavy atom. The van der Waals surface area contributed by atoms with Crippen molar-refractivity contribution in [3.8, 4) is 0 Å². The molecule has 3 fully saturated rings. The maximum atomic E-state index is 13.7. The van der Waals surface area contributed by atoms with Gasteiger partial charge in [0.1, 0.15) is 17.6 Å². The zero-order valence-electron chi connectivity index (χ0n) is 22.8. The van der Waals surface area contributed by atoms with Crippen LogP contribution in [0.5, 0.6) is 0 Å². The highest BCUT2D eigenvalue weighted by atomic mass is 32.2. The Hall–Kier alpha value is -3.29. The molecule has 4 atom stereocenters. The van der Waals surface area contributed by atoms with E-state index in [1.807, 2.05) is 12.2 Å². The van der Waals surface area contributed by atoms with E-state index in [1.54, 1.807) is 13.8 Å². The molecule has 1 aromatic rings. The van der Waals surface area contributed by atoms with Gasteiger partial charge in [0.25, 0.3) is 5.91 Å². The topological polar surface area (TPSA) is 181 Å². The monoisotopic (exact) mass is 576 g/mol. The van der Waals surface area contributed by atoms with Crippen molar-refractivity contribution in [3.63, 3.8) is 0 Å². The number of nitrogens with zero attached hydrogens (tertiary/aromatic N) is 3. The van der Waals surface area contributed by atoms with Gasteiger partial charge < -0.3 is 20.1 Å². The molecule has 4 amide bonds. The molecule has 2 aliphatic heterocycles. The predicted molar refractivity (Wildman–Crippen MR) is 141 cm³/mol. The summed E-state index contributed by atoms with van der Waals surface area (Å²) >= 11 is 0. The van der Waals surface area contributed by atoms with Crippen molar-refractivity contribution in [1.82, 2.24) is 30.4 Å². The van der Waals surface area contributed by atoms with E-state index in [9.17, 15) is 27.6 Å². The van der Waals surface area contributed by atoms with Gasteiger partial charge in [-0.25, -0.2) is 8.42 Å². The van der Waals surface area contributed by atoms with Gasteiger partial charge in [0, 0.05) is 12.5 Å². The molecule has 4 aliphatic rings. The molecule has 14 heteroatoms. The first-order chi connectivity index (χ1) is 19.0. The summed E-state index contributed by atoms with van der Waals surface area (Å²) in [5.74, 6) is -2.63. The summed E-state index contributed by atoms with van der Waals surface area (Å²) in [6, 6.07) is -1.75. The van der Waals surface area contributed by atoms with Crippen LogP contribution in [0.15, 0.2) is 16.7 Å². The lowest BCUT2D eigenvalue weighted by Gasteiger charge is -2.30. The number of carbonyl (C=O) groups is 4. The van der Waals surface area contributed by atoms with Crippen LogP contribution in [-0.2, 0) is 24.4 Å². The molecule has 0 aromatic carbocycles. The largest absolute Gasteiger partial charge is 0.339 e. The van der Waals surface area contributed by atoms with Crippen LogP contribution in [0.25, 0.3) is 0 Å². The van der Waals surface area contributed by atoms with Gasteiger partial charge in [0.05, 0.1) is 4.75 Å². The number of nitrogens with one attached hydrogen (secondary N) is 3. The third kappa shape index (κ3) is 5.50. The van der Waals surface area contributed by atoms with Crippen molar-refractivity contribution >= 4 is 33.7 Å². The number of sulfonamides is 1. The number of hydrogen-bond acceptors (Lipinski definition) is 9. The van der Waals surface area contributed by atoms with Gasteiger partial charge in [-0.05, 0) is 65.2 Å². The molecule has 2 saturated carbocycles. The molecule has 5 rings (SSSR count). The molecule has 13 nitrogen and oxygen atoms in total. The van der Waals surface area contributed by atoms with Crippen molar-refractivity contribution < 1.29 is 32.1 Å². The second kappa shape index (κ2) is 10.6. The Morgan fingerprint density at radius 2 is 1.93 bits per heavy atom. The second-order valence-electron chi connectivity index (χ2n) is 11.6. The molecule has 1 aromatic heterocycles. The smallest absolute Gasteiger partial charge is 0.315 e. The highest BCUT2D eigenvalue weighted by Crippen LogP contribution is 2.47. The van der Waals surface area contributed by atoms with Gasteiger partial charge in [-0.2, -0.15) is 4.98 Å². The van der Waals surface area contributed by atoms with E-state index in [2.05, 4.69) is 25.5 Å². The van der Waals surface area contributed by atoms with E-state index in [-0.39, 0.29) is 18.2 Å². The minimum atomic E-state index is -3.89. The number of aromatic nitrogens is 2. The Balaban J connectivity index is 1.36. The van der Waals surface area contributed by atoms with Crippen LogP contribution in [-0.4, -0.2) is 76.0 Å². The summed E-state index contributed by atoms with van der Waals surface area (Å²) in [5.41, 5.74) is -1.40. The molecule has 0 bridgehead atoms. The molecule has 0 radical (unpaired) electrons. The molecule has 1 saturated heterocycles. The summed E-state index contributed by atoms with van der Waals surface area (Å²) < 4.78 is 31.8. The predicted octanol–water partition coefficient (Wildman–Crippen LogP) is 0.861. The highest BCUT2D eigenvalue weighted by Gasteiger charge is 2.62. The zero-order valence-corrected chi connectivity index (χ0v) is 23.6. The van der Waals surface area contributed by atoms with Crippen molar-refractivity contribution in [2.24, 2.45) is 5.92 Å². The molecular formula is C26H36N6O7S. The van der Waals surface area contributed by atoms with E-state index >= 15 is 0 Å². The average Bonchev–Trinajstić information content (AvgIpc) is 3.66. The maximum Gasteiger partial charge on any atom is 0.315 e. The lowest BCUT2D eigenvalue weighted by atomic mass is 10.0. The number of carbonyl (C=O) groups excluding carboxylic acids is 4. The fourth-order valence-corrected chi connectivity index (χ4v) is 6.80. The van der Waals surface area contributed by atoms with Gasteiger partial charge in [-0.1, -0.05) is 30.2 Å². The Labute approximate surface area is 232 Å². The first kappa shape index (κ1) is 28.2. The molecule has 0 unspecified atom stereocenters. The van der Waals surface area contributed by atoms with Crippen LogP contribution in [0.4, 0.5) is 0 Å². The van der Waals surface area contributed by atoms with E-state index in [0.717, 1.165) is 19.3 Å². The van der Waals surface area contributed by atoms with Gasteiger partial charge >= 0.3 is 11.8 Å². The fraction of sp³-hybridized carbons (Fsp3) is 0.692. The van der Waals surface area contributed by atoms with Gasteiger partial charge in [-0.3, -0.25) is 23.9 Å². The third-order valence-corrected chi connectivity index (χ3v) is 10.7. The van der Waals surface area contributed by atoms with E-state index in [1.165, 1.54) is 4.90 Å².